The second kappa shape index (κ2) is 6.33. The molecule has 0 unspecified atom stereocenters. The minimum Gasteiger partial charge on any atom is -0.379 e. The molecule has 25 heavy (non-hydrogen) atoms. The first-order valence-corrected chi connectivity index (χ1v) is 8.36. The number of fused-ring (bicyclic) bond motifs is 1. The van der Waals surface area contributed by atoms with Crippen molar-refractivity contribution in [3.8, 4) is 0 Å². The average Bonchev–Trinajstić information content (AvgIpc) is 3.29. The van der Waals surface area contributed by atoms with E-state index in [2.05, 4.69) is 15.5 Å². The monoisotopic (exact) mass is 340 g/mol. The van der Waals surface area contributed by atoms with Crippen molar-refractivity contribution in [1.82, 2.24) is 19.9 Å². The Kier molecular flexibility index (Phi) is 4.01. The molecule has 4 rings (SSSR count). The van der Waals surface area contributed by atoms with Gasteiger partial charge >= 0.3 is 0 Å². The molecule has 7 nitrogen and oxygen atoms in total. The van der Waals surface area contributed by atoms with Crippen LogP contribution >= 0.6 is 0 Å². The lowest BCUT2D eigenvalue weighted by atomic mass is 9.98. The van der Waals surface area contributed by atoms with Crippen LogP contribution < -0.4 is 5.32 Å². The predicted molar refractivity (Wildman–Crippen MR) is 90.4 cm³/mol. The fourth-order valence-electron chi connectivity index (χ4n) is 3.30. The van der Waals surface area contributed by atoms with E-state index in [0.717, 1.165) is 22.8 Å². The number of carbonyl (C=O) groups excluding carboxylic acids is 1. The maximum Gasteiger partial charge on any atom is 0.272 e. The van der Waals surface area contributed by atoms with Crippen molar-refractivity contribution in [2.75, 3.05) is 13.2 Å². The third-order valence-electron chi connectivity index (χ3n) is 4.64. The van der Waals surface area contributed by atoms with Crippen molar-refractivity contribution < 1.29 is 14.1 Å². The first-order valence-electron chi connectivity index (χ1n) is 8.36. The van der Waals surface area contributed by atoms with E-state index < -0.39 is 0 Å². The Morgan fingerprint density at radius 2 is 2.24 bits per heavy atom. The van der Waals surface area contributed by atoms with Crippen molar-refractivity contribution in [1.29, 1.82) is 0 Å². The van der Waals surface area contributed by atoms with Gasteiger partial charge in [-0.05, 0) is 26.0 Å². The van der Waals surface area contributed by atoms with Gasteiger partial charge in [0.15, 0.2) is 0 Å². The minimum atomic E-state index is -0.171. The van der Waals surface area contributed by atoms with Crippen molar-refractivity contribution in [2.24, 2.45) is 5.92 Å². The Bertz CT molecular complexity index is 914. The Morgan fingerprint density at radius 3 is 3.00 bits per heavy atom. The lowest BCUT2D eigenvalue weighted by molar-refractivity contribution is 0.0919. The zero-order valence-corrected chi connectivity index (χ0v) is 14.2. The maximum absolute atomic E-state index is 12.7. The third-order valence-corrected chi connectivity index (χ3v) is 4.64. The van der Waals surface area contributed by atoms with Gasteiger partial charge in [-0.15, -0.1) is 0 Å². The van der Waals surface area contributed by atoms with Crippen molar-refractivity contribution in [3.63, 3.8) is 0 Å². The number of nitrogens with zero attached hydrogens (tertiary/aromatic N) is 3. The van der Waals surface area contributed by atoms with Crippen LogP contribution in [0.5, 0.6) is 0 Å². The molecule has 1 amide bonds. The van der Waals surface area contributed by atoms with Gasteiger partial charge in [0.1, 0.15) is 17.1 Å². The number of carbonyl (C=O) groups is 1. The number of rotatable bonds is 4. The molecule has 1 saturated heterocycles. The summed E-state index contributed by atoms with van der Waals surface area (Å²) < 4.78 is 12.8. The van der Waals surface area contributed by atoms with E-state index >= 15 is 0 Å². The third kappa shape index (κ3) is 3.02. The number of aromatic nitrogens is 3. The summed E-state index contributed by atoms with van der Waals surface area (Å²) in [7, 11) is 0. The van der Waals surface area contributed by atoms with Crippen LogP contribution in [0.1, 0.15) is 27.6 Å². The van der Waals surface area contributed by atoms with Crippen molar-refractivity contribution >= 4 is 11.6 Å². The summed E-state index contributed by atoms with van der Waals surface area (Å²) in [6, 6.07) is 7.57. The normalized spacial score (nSPS) is 20.2. The van der Waals surface area contributed by atoms with E-state index in [1.165, 1.54) is 0 Å². The summed E-state index contributed by atoms with van der Waals surface area (Å²) in [5, 5.41) is 6.98. The number of hydrogen-bond acceptors (Lipinski definition) is 5. The van der Waals surface area contributed by atoms with Crippen LogP contribution in [0.3, 0.4) is 0 Å². The summed E-state index contributed by atoms with van der Waals surface area (Å²) in [6.07, 6.45) is 2.60. The summed E-state index contributed by atoms with van der Waals surface area (Å²) in [4.78, 5) is 17.2. The molecule has 0 saturated carbocycles. The van der Waals surface area contributed by atoms with Crippen LogP contribution in [0.15, 0.2) is 35.0 Å². The topological polar surface area (TPSA) is 81.7 Å². The fraction of sp³-hybridized carbons (Fsp3) is 0.389. The summed E-state index contributed by atoms with van der Waals surface area (Å²) in [5.41, 5.74) is 2.90. The largest absolute Gasteiger partial charge is 0.379 e. The number of pyridine rings is 1. The van der Waals surface area contributed by atoms with E-state index in [1.54, 1.807) is 0 Å². The van der Waals surface area contributed by atoms with Crippen LogP contribution in [0, 0.1) is 19.8 Å². The maximum atomic E-state index is 12.7. The molecule has 1 aliphatic rings. The van der Waals surface area contributed by atoms with Crippen molar-refractivity contribution in [3.05, 3.63) is 53.3 Å². The number of imidazole rings is 1. The number of ether oxygens (including phenoxy) is 1. The Morgan fingerprint density at radius 1 is 1.36 bits per heavy atom. The first kappa shape index (κ1) is 15.8. The Hall–Kier alpha value is -2.67. The van der Waals surface area contributed by atoms with Gasteiger partial charge in [0, 0.05) is 24.6 Å². The van der Waals surface area contributed by atoms with Crippen LogP contribution in [0.2, 0.25) is 0 Å². The molecule has 1 aliphatic heterocycles. The number of nitrogens with one attached hydrogen (secondary N) is 1. The summed E-state index contributed by atoms with van der Waals surface area (Å²) >= 11 is 0. The molecule has 0 spiro atoms. The van der Waals surface area contributed by atoms with Crippen LogP contribution in [-0.2, 0) is 11.2 Å². The van der Waals surface area contributed by atoms with Gasteiger partial charge in [0.25, 0.3) is 5.91 Å². The van der Waals surface area contributed by atoms with Gasteiger partial charge in [-0.25, -0.2) is 4.98 Å². The van der Waals surface area contributed by atoms with Gasteiger partial charge in [-0.1, -0.05) is 11.2 Å². The van der Waals surface area contributed by atoms with Crippen LogP contribution in [-0.4, -0.2) is 39.7 Å². The van der Waals surface area contributed by atoms with Gasteiger partial charge in [-0.3, -0.25) is 4.79 Å². The molecular formula is C18H20N4O3. The van der Waals surface area contributed by atoms with Gasteiger partial charge < -0.3 is 19.0 Å². The van der Waals surface area contributed by atoms with Crippen LogP contribution in [0.25, 0.3) is 5.65 Å². The standard InChI is InChI=1S/C18H20N4O3/c1-11-7-14(25-21-11)8-13-9-24-10-15(13)19-18(23)17-12(2)22-6-4-3-5-16(22)20-17/h3-7,13,15H,8-10H2,1-2H3,(H,19,23)/t13-,15+/m1/s1. The zero-order valence-electron chi connectivity index (χ0n) is 14.2. The molecule has 1 N–H and O–H groups in total. The minimum absolute atomic E-state index is 0.0675. The summed E-state index contributed by atoms with van der Waals surface area (Å²) in [6.45, 7) is 4.88. The smallest absolute Gasteiger partial charge is 0.272 e. The summed E-state index contributed by atoms with van der Waals surface area (Å²) in [5.74, 6) is 0.806. The second-order valence-corrected chi connectivity index (χ2v) is 6.49. The molecule has 3 aromatic rings. The Labute approximate surface area is 145 Å². The fourth-order valence-corrected chi connectivity index (χ4v) is 3.30. The molecule has 130 valence electrons. The van der Waals surface area contributed by atoms with E-state index in [4.69, 9.17) is 9.26 Å². The molecule has 4 heterocycles. The second-order valence-electron chi connectivity index (χ2n) is 6.49. The quantitative estimate of drug-likeness (QED) is 0.785. The number of hydrogen-bond donors (Lipinski definition) is 1. The molecular weight excluding hydrogens is 320 g/mol. The Balaban J connectivity index is 1.50. The van der Waals surface area contributed by atoms with Gasteiger partial charge in [0.05, 0.1) is 30.6 Å². The predicted octanol–water partition coefficient (Wildman–Crippen LogP) is 1.93. The molecule has 0 aromatic carbocycles. The van der Waals surface area contributed by atoms with E-state index in [-0.39, 0.29) is 17.9 Å². The highest BCUT2D eigenvalue weighted by Gasteiger charge is 2.32. The van der Waals surface area contributed by atoms with Crippen LogP contribution in [0.4, 0.5) is 0 Å². The molecule has 0 radical (unpaired) electrons. The SMILES string of the molecule is Cc1cc(C[C@@H]2COC[C@@H]2NC(=O)c2nc3ccccn3c2C)on1. The van der Waals surface area contributed by atoms with Gasteiger partial charge in [-0.2, -0.15) is 0 Å². The highest BCUT2D eigenvalue weighted by atomic mass is 16.5. The zero-order chi connectivity index (χ0) is 17.4. The van der Waals surface area contributed by atoms with Gasteiger partial charge in [0.2, 0.25) is 0 Å². The molecule has 0 bridgehead atoms. The lowest BCUT2D eigenvalue weighted by Gasteiger charge is -2.17. The first-order chi connectivity index (χ1) is 12.1. The lowest BCUT2D eigenvalue weighted by Crippen LogP contribution is -2.41. The molecule has 0 aliphatic carbocycles. The highest BCUT2D eigenvalue weighted by molar-refractivity contribution is 5.94. The van der Waals surface area contributed by atoms with Crippen molar-refractivity contribution in [2.45, 2.75) is 26.3 Å². The number of aryl methyl sites for hydroxylation is 2. The van der Waals surface area contributed by atoms with E-state index in [0.29, 0.717) is 25.3 Å². The number of amides is 1. The molecule has 3 aromatic heterocycles. The average molecular weight is 340 g/mol. The van der Waals surface area contributed by atoms with E-state index in [9.17, 15) is 4.79 Å². The van der Waals surface area contributed by atoms with E-state index in [1.807, 2.05) is 48.7 Å². The molecule has 2 atom stereocenters. The molecule has 7 heteroatoms. The highest BCUT2D eigenvalue weighted by Crippen LogP contribution is 2.21. The molecule has 1 fully saturated rings.